The van der Waals surface area contributed by atoms with Gasteiger partial charge in [0.15, 0.2) is 0 Å². The zero-order valence-electron chi connectivity index (χ0n) is 15.0. The molecular formula is C20H29N3O. The number of hydrogen-bond acceptors (Lipinski definition) is 3. The molecule has 1 aliphatic rings. The van der Waals surface area contributed by atoms with Gasteiger partial charge < -0.3 is 5.11 Å². The Kier molecular flexibility index (Phi) is 5.36. The van der Waals surface area contributed by atoms with Crippen LogP contribution in [0.25, 0.3) is 5.69 Å². The van der Waals surface area contributed by atoms with E-state index in [-0.39, 0.29) is 6.10 Å². The fourth-order valence-corrected chi connectivity index (χ4v) is 3.58. The maximum atomic E-state index is 9.77. The van der Waals surface area contributed by atoms with E-state index < -0.39 is 0 Å². The molecule has 0 bridgehead atoms. The molecule has 3 rings (SSSR count). The SMILES string of the molecule is CC(C)c1nn(-c2ccccc2)cc1CN1CCC(C(C)O)CC1. The van der Waals surface area contributed by atoms with E-state index in [0.29, 0.717) is 11.8 Å². The normalized spacial score (nSPS) is 18.2. The van der Waals surface area contributed by atoms with Crippen molar-refractivity contribution in [2.45, 2.75) is 52.2 Å². The number of piperidine rings is 1. The van der Waals surface area contributed by atoms with E-state index in [1.807, 2.05) is 29.8 Å². The molecule has 1 fully saturated rings. The molecule has 0 amide bonds. The molecule has 2 heterocycles. The second-order valence-corrected chi connectivity index (χ2v) is 7.33. The van der Waals surface area contributed by atoms with Gasteiger partial charge >= 0.3 is 0 Å². The summed E-state index contributed by atoms with van der Waals surface area (Å²) in [6.07, 6.45) is 4.17. The van der Waals surface area contributed by atoms with Crippen molar-refractivity contribution in [1.82, 2.24) is 14.7 Å². The van der Waals surface area contributed by atoms with Crippen molar-refractivity contribution in [3.05, 3.63) is 47.8 Å². The maximum Gasteiger partial charge on any atom is 0.0699 e. The quantitative estimate of drug-likeness (QED) is 0.912. The van der Waals surface area contributed by atoms with Crippen LogP contribution in [0.15, 0.2) is 36.5 Å². The van der Waals surface area contributed by atoms with Crippen LogP contribution in [0, 0.1) is 5.92 Å². The van der Waals surface area contributed by atoms with E-state index in [4.69, 9.17) is 5.10 Å². The van der Waals surface area contributed by atoms with Gasteiger partial charge in [0.1, 0.15) is 0 Å². The molecule has 1 unspecified atom stereocenters. The predicted octanol–water partition coefficient (Wildman–Crippen LogP) is 3.59. The number of aliphatic hydroxyl groups excluding tert-OH is 1. The maximum absolute atomic E-state index is 9.77. The van der Waals surface area contributed by atoms with E-state index >= 15 is 0 Å². The first-order chi connectivity index (χ1) is 11.5. The van der Waals surface area contributed by atoms with E-state index in [1.165, 1.54) is 11.3 Å². The zero-order chi connectivity index (χ0) is 17.1. The molecule has 1 saturated heterocycles. The first kappa shape index (κ1) is 17.2. The second kappa shape index (κ2) is 7.49. The Labute approximate surface area is 145 Å². The van der Waals surface area contributed by atoms with Crippen molar-refractivity contribution in [3.8, 4) is 5.69 Å². The van der Waals surface area contributed by atoms with Crippen LogP contribution >= 0.6 is 0 Å². The van der Waals surface area contributed by atoms with Crippen LogP contribution in [0.2, 0.25) is 0 Å². The van der Waals surface area contributed by atoms with Crippen molar-refractivity contribution in [2.75, 3.05) is 13.1 Å². The third-order valence-electron chi connectivity index (χ3n) is 5.10. The van der Waals surface area contributed by atoms with Gasteiger partial charge in [-0.3, -0.25) is 4.90 Å². The Bertz CT molecular complexity index is 640. The van der Waals surface area contributed by atoms with E-state index in [0.717, 1.165) is 38.2 Å². The lowest BCUT2D eigenvalue weighted by Crippen LogP contribution is -2.36. The van der Waals surface area contributed by atoms with Gasteiger partial charge in [-0.25, -0.2) is 4.68 Å². The van der Waals surface area contributed by atoms with Gasteiger partial charge in [-0.1, -0.05) is 32.0 Å². The van der Waals surface area contributed by atoms with Gasteiger partial charge in [-0.15, -0.1) is 0 Å². The lowest BCUT2D eigenvalue weighted by Gasteiger charge is -2.33. The Balaban J connectivity index is 1.74. The number of para-hydroxylation sites is 1. The summed E-state index contributed by atoms with van der Waals surface area (Å²) in [5, 5.41) is 14.6. The number of aromatic nitrogens is 2. The molecule has 2 aromatic rings. The molecule has 130 valence electrons. The van der Waals surface area contributed by atoms with Crippen molar-refractivity contribution >= 4 is 0 Å². The van der Waals surface area contributed by atoms with Gasteiger partial charge in [-0.2, -0.15) is 5.10 Å². The van der Waals surface area contributed by atoms with Crippen molar-refractivity contribution in [2.24, 2.45) is 5.92 Å². The molecule has 0 saturated carbocycles. The number of benzene rings is 1. The van der Waals surface area contributed by atoms with Crippen LogP contribution < -0.4 is 0 Å². The number of hydrogen-bond donors (Lipinski definition) is 1. The minimum atomic E-state index is -0.181. The van der Waals surface area contributed by atoms with Crippen molar-refractivity contribution in [3.63, 3.8) is 0 Å². The minimum Gasteiger partial charge on any atom is -0.393 e. The Morgan fingerprint density at radius 2 is 1.79 bits per heavy atom. The highest BCUT2D eigenvalue weighted by molar-refractivity contribution is 5.33. The summed E-state index contributed by atoms with van der Waals surface area (Å²) < 4.78 is 2.01. The molecule has 1 N–H and O–H groups in total. The third-order valence-corrected chi connectivity index (χ3v) is 5.10. The van der Waals surface area contributed by atoms with Gasteiger partial charge in [-0.05, 0) is 56.8 Å². The summed E-state index contributed by atoms with van der Waals surface area (Å²) in [6.45, 7) is 9.41. The summed E-state index contributed by atoms with van der Waals surface area (Å²) in [4.78, 5) is 2.50. The number of likely N-dealkylation sites (tertiary alicyclic amines) is 1. The first-order valence-electron chi connectivity index (χ1n) is 9.09. The molecule has 4 heteroatoms. The Morgan fingerprint density at radius 1 is 1.12 bits per heavy atom. The van der Waals surface area contributed by atoms with E-state index in [2.05, 4.69) is 37.1 Å². The van der Waals surface area contributed by atoms with Gasteiger partial charge in [0, 0.05) is 18.3 Å². The van der Waals surface area contributed by atoms with Crippen LogP contribution in [0.1, 0.15) is 50.8 Å². The molecule has 0 radical (unpaired) electrons. The smallest absolute Gasteiger partial charge is 0.0699 e. The lowest BCUT2D eigenvalue weighted by molar-refractivity contribution is 0.0694. The molecule has 24 heavy (non-hydrogen) atoms. The largest absolute Gasteiger partial charge is 0.393 e. The van der Waals surface area contributed by atoms with Crippen molar-refractivity contribution < 1.29 is 5.11 Å². The zero-order valence-corrected chi connectivity index (χ0v) is 15.0. The summed E-state index contributed by atoms with van der Waals surface area (Å²) in [7, 11) is 0. The van der Waals surface area contributed by atoms with Crippen molar-refractivity contribution in [1.29, 1.82) is 0 Å². The topological polar surface area (TPSA) is 41.3 Å². The predicted molar refractivity (Wildman–Crippen MR) is 97.3 cm³/mol. The number of rotatable bonds is 5. The van der Waals surface area contributed by atoms with Gasteiger partial charge in [0.05, 0.1) is 17.5 Å². The second-order valence-electron chi connectivity index (χ2n) is 7.33. The monoisotopic (exact) mass is 327 g/mol. The number of nitrogens with zero attached hydrogens (tertiary/aromatic N) is 3. The summed E-state index contributed by atoms with van der Waals surface area (Å²) in [6, 6.07) is 10.3. The average molecular weight is 327 g/mol. The molecule has 1 aromatic carbocycles. The van der Waals surface area contributed by atoms with Crippen LogP contribution in [0.4, 0.5) is 0 Å². The average Bonchev–Trinajstić information content (AvgIpc) is 3.00. The van der Waals surface area contributed by atoms with Crippen LogP contribution in [-0.2, 0) is 6.54 Å². The standard InChI is InChI=1S/C20H29N3O/c1-15(2)20-18(13-22-11-9-17(10-12-22)16(3)24)14-23(21-20)19-7-5-4-6-8-19/h4-8,14-17,24H,9-13H2,1-3H3. The fourth-order valence-electron chi connectivity index (χ4n) is 3.58. The molecule has 4 nitrogen and oxygen atoms in total. The highest BCUT2D eigenvalue weighted by Crippen LogP contribution is 2.25. The Hall–Kier alpha value is -1.65. The molecule has 0 aliphatic carbocycles. The fraction of sp³-hybridized carbons (Fsp3) is 0.550. The molecule has 0 spiro atoms. The third kappa shape index (κ3) is 3.87. The molecular weight excluding hydrogens is 298 g/mol. The first-order valence-corrected chi connectivity index (χ1v) is 9.09. The Morgan fingerprint density at radius 3 is 2.38 bits per heavy atom. The number of aliphatic hydroxyl groups is 1. The highest BCUT2D eigenvalue weighted by Gasteiger charge is 2.24. The lowest BCUT2D eigenvalue weighted by atomic mass is 9.92. The summed E-state index contributed by atoms with van der Waals surface area (Å²) in [5.74, 6) is 0.873. The van der Waals surface area contributed by atoms with E-state index in [1.54, 1.807) is 0 Å². The summed E-state index contributed by atoms with van der Waals surface area (Å²) >= 11 is 0. The van der Waals surface area contributed by atoms with Crippen LogP contribution in [0.3, 0.4) is 0 Å². The van der Waals surface area contributed by atoms with Crippen LogP contribution in [0.5, 0.6) is 0 Å². The minimum absolute atomic E-state index is 0.181. The van der Waals surface area contributed by atoms with Crippen LogP contribution in [-0.4, -0.2) is 39.0 Å². The summed E-state index contributed by atoms with van der Waals surface area (Å²) in [5.41, 5.74) is 3.62. The van der Waals surface area contributed by atoms with Gasteiger partial charge in [0.2, 0.25) is 0 Å². The molecule has 1 aromatic heterocycles. The molecule has 1 aliphatic heterocycles. The molecule has 1 atom stereocenters. The van der Waals surface area contributed by atoms with Gasteiger partial charge in [0.25, 0.3) is 0 Å². The highest BCUT2D eigenvalue weighted by atomic mass is 16.3. The van der Waals surface area contributed by atoms with E-state index in [9.17, 15) is 5.11 Å².